The molecule has 0 saturated carbocycles. The molecule has 1 heterocycles. The molecule has 0 radical (unpaired) electrons. The normalized spacial score (nSPS) is 19.5. The molecule has 9 nitrogen and oxygen atoms in total. The van der Waals surface area contributed by atoms with Crippen LogP contribution in [0, 0.1) is 0 Å². The zero-order valence-corrected chi connectivity index (χ0v) is 49.2. The predicted octanol–water partition coefficient (Wildman–Crippen LogP) is 16.5. The second-order valence-corrected chi connectivity index (χ2v) is 21.5. The molecule has 1 aliphatic heterocycles. The van der Waals surface area contributed by atoms with Crippen molar-refractivity contribution in [2.24, 2.45) is 0 Å². The van der Waals surface area contributed by atoms with Crippen LogP contribution in [-0.2, 0) is 14.3 Å². The van der Waals surface area contributed by atoms with Crippen molar-refractivity contribution in [3.63, 3.8) is 0 Å². The van der Waals surface area contributed by atoms with E-state index in [0.717, 1.165) is 83.5 Å². The third kappa shape index (κ3) is 45.3. The van der Waals surface area contributed by atoms with Crippen LogP contribution >= 0.6 is 0 Å². The van der Waals surface area contributed by atoms with E-state index in [1.807, 2.05) is 6.08 Å². The fourth-order valence-corrected chi connectivity index (χ4v) is 9.41. The van der Waals surface area contributed by atoms with Gasteiger partial charge in [-0.1, -0.05) is 277 Å². The van der Waals surface area contributed by atoms with Crippen molar-refractivity contribution < 1.29 is 39.8 Å². The smallest absolute Gasteiger partial charge is 0.220 e. The Bertz CT molecular complexity index is 1580. The number of hydrogen-bond donors (Lipinski definition) is 6. The molecular weight excluding hydrogens is 959 g/mol. The Labute approximate surface area is 472 Å². The Kier molecular flexibility index (Phi) is 52.4. The Morgan fingerprint density at radius 3 is 1.19 bits per heavy atom. The van der Waals surface area contributed by atoms with Gasteiger partial charge in [-0.3, -0.25) is 4.79 Å². The lowest BCUT2D eigenvalue weighted by molar-refractivity contribution is -0.302. The van der Waals surface area contributed by atoms with Gasteiger partial charge in [-0.2, -0.15) is 0 Å². The number of carbonyl (C=O) groups excluding carboxylic acids is 1. The Hall–Kier alpha value is -3.15. The van der Waals surface area contributed by atoms with Crippen molar-refractivity contribution in [1.29, 1.82) is 0 Å². The van der Waals surface area contributed by atoms with Crippen LogP contribution in [0.15, 0.2) is 109 Å². The number of allylic oxidation sites excluding steroid dienone is 17. The molecule has 442 valence electrons. The van der Waals surface area contributed by atoms with Crippen molar-refractivity contribution in [3.05, 3.63) is 109 Å². The molecule has 1 aliphatic rings. The highest BCUT2D eigenvalue weighted by Crippen LogP contribution is 2.23. The molecule has 1 fully saturated rings. The lowest BCUT2D eigenvalue weighted by Crippen LogP contribution is -2.60. The SMILES string of the molecule is CC/C=C\C/C=C\C/C=C\C/C=C\C/C=C\C/C=C\C/C=C\C/C=C\CCCCC(=O)NC(COC1OC(CO)C(O)C(O)C1O)C(O)/C=C/CCCCCCCCCCCCCCCCCCCCCCCCCCC. The highest BCUT2D eigenvalue weighted by Gasteiger charge is 2.44. The number of amides is 1. The summed E-state index contributed by atoms with van der Waals surface area (Å²) in [4.78, 5) is 13.1. The van der Waals surface area contributed by atoms with Gasteiger partial charge in [0.05, 0.1) is 25.4 Å². The molecule has 0 aromatic carbocycles. The van der Waals surface area contributed by atoms with Gasteiger partial charge in [-0.15, -0.1) is 0 Å². The summed E-state index contributed by atoms with van der Waals surface area (Å²) >= 11 is 0. The molecule has 9 heteroatoms. The molecular formula is C68H117NO8. The number of unbranched alkanes of at least 4 members (excludes halogenated alkanes) is 27. The lowest BCUT2D eigenvalue weighted by atomic mass is 9.99. The average molecular weight is 1080 g/mol. The standard InChI is InChI=1S/C68H117NO8/c1-3-5-7-9-11-13-15-17-19-21-23-25-27-29-31-33-35-37-39-41-43-45-47-49-51-53-55-57-62(71)61(60-76-68-67(75)66(74)65(73)63(59-70)77-68)69-64(72)58-56-54-52-50-48-46-44-42-40-38-36-34-32-30-28-26-24-22-20-18-16-14-12-10-8-6-4-2/h6,8,12,14,18,20,24,26,30,32,36,38,42,44,48,50,55,57,61-63,65-68,70-71,73-75H,3-5,7,9-11,13,15-17,19,21-23,25,27-29,31,33-35,37,39-41,43,45-47,49,51-54,56,58-60H2,1-2H3,(H,69,72)/b8-6-,14-12-,20-18-,26-24-,32-30-,38-36-,44-42-,50-48-,57-55+. The summed E-state index contributed by atoms with van der Waals surface area (Å²) in [7, 11) is 0. The maximum Gasteiger partial charge on any atom is 0.220 e. The Morgan fingerprint density at radius 1 is 0.455 bits per heavy atom. The van der Waals surface area contributed by atoms with Gasteiger partial charge in [0.1, 0.15) is 24.4 Å². The Balaban J connectivity index is 2.25. The van der Waals surface area contributed by atoms with Gasteiger partial charge in [-0.25, -0.2) is 0 Å². The number of rotatable bonds is 53. The van der Waals surface area contributed by atoms with Crippen LogP contribution in [0.3, 0.4) is 0 Å². The maximum absolute atomic E-state index is 13.1. The first-order valence-electron chi connectivity index (χ1n) is 31.6. The fourth-order valence-electron chi connectivity index (χ4n) is 9.41. The highest BCUT2D eigenvalue weighted by atomic mass is 16.7. The van der Waals surface area contributed by atoms with Gasteiger partial charge in [0.15, 0.2) is 6.29 Å². The highest BCUT2D eigenvalue weighted by molar-refractivity contribution is 5.76. The summed E-state index contributed by atoms with van der Waals surface area (Å²) in [6.45, 7) is 3.66. The van der Waals surface area contributed by atoms with Crippen LogP contribution < -0.4 is 5.32 Å². The third-order valence-electron chi connectivity index (χ3n) is 14.4. The summed E-state index contributed by atoms with van der Waals surface area (Å²) in [5.74, 6) is -0.221. The molecule has 7 atom stereocenters. The quantitative estimate of drug-likeness (QED) is 0.0261. The average Bonchev–Trinajstić information content (AvgIpc) is 3.43. The third-order valence-corrected chi connectivity index (χ3v) is 14.4. The van der Waals surface area contributed by atoms with E-state index in [1.165, 1.54) is 148 Å². The first-order valence-corrected chi connectivity index (χ1v) is 31.6. The van der Waals surface area contributed by atoms with E-state index in [1.54, 1.807) is 6.08 Å². The molecule has 0 aliphatic carbocycles. The van der Waals surface area contributed by atoms with Gasteiger partial charge < -0.3 is 40.3 Å². The number of carbonyl (C=O) groups is 1. The van der Waals surface area contributed by atoms with Crippen LogP contribution in [0.1, 0.15) is 258 Å². The fraction of sp³-hybridized carbons (Fsp3) is 0.721. The van der Waals surface area contributed by atoms with E-state index in [2.05, 4.69) is 116 Å². The van der Waals surface area contributed by atoms with E-state index < -0.39 is 49.5 Å². The van der Waals surface area contributed by atoms with Crippen LogP contribution in [0.4, 0.5) is 0 Å². The van der Waals surface area contributed by atoms with Crippen molar-refractivity contribution in [2.75, 3.05) is 13.2 Å². The van der Waals surface area contributed by atoms with E-state index in [4.69, 9.17) is 9.47 Å². The molecule has 1 amide bonds. The topological polar surface area (TPSA) is 149 Å². The minimum Gasteiger partial charge on any atom is -0.394 e. The summed E-state index contributed by atoms with van der Waals surface area (Å²) in [6, 6.07) is -0.838. The molecule has 0 aromatic rings. The second-order valence-electron chi connectivity index (χ2n) is 21.5. The number of ether oxygens (including phenoxy) is 2. The summed E-state index contributed by atoms with van der Waals surface area (Å²) in [5.41, 5.74) is 0. The van der Waals surface area contributed by atoms with Gasteiger partial charge in [0, 0.05) is 6.42 Å². The van der Waals surface area contributed by atoms with E-state index in [9.17, 15) is 30.3 Å². The molecule has 6 N–H and O–H groups in total. The minimum atomic E-state index is -1.58. The van der Waals surface area contributed by atoms with Crippen LogP contribution in [0.2, 0.25) is 0 Å². The molecule has 7 unspecified atom stereocenters. The van der Waals surface area contributed by atoms with E-state index in [-0.39, 0.29) is 18.9 Å². The van der Waals surface area contributed by atoms with Crippen molar-refractivity contribution >= 4 is 5.91 Å². The van der Waals surface area contributed by atoms with Crippen LogP contribution in [-0.4, -0.2) is 87.5 Å². The molecule has 1 saturated heterocycles. The monoisotopic (exact) mass is 1080 g/mol. The van der Waals surface area contributed by atoms with Crippen LogP contribution in [0.5, 0.6) is 0 Å². The van der Waals surface area contributed by atoms with Crippen molar-refractivity contribution in [1.82, 2.24) is 5.32 Å². The number of nitrogens with one attached hydrogen (secondary N) is 1. The molecule has 0 bridgehead atoms. The second kappa shape index (κ2) is 56.1. The molecule has 0 aromatic heterocycles. The van der Waals surface area contributed by atoms with E-state index >= 15 is 0 Å². The number of aliphatic hydroxyl groups excluding tert-OH is 5. The lowest BCUT2D eigenvalue weighted by Gasteiger charge is -2.40. The summed E-state index contributed by atoms with van der Waals surface area (Å²) in [6.07, 6.45) is 75.9. The zero-order chi connectivity index (χ0) is 55.8. The summed E-state index contributed by atoms with van der Waals surface area (Å²) in [5, 5.41) is 54.6. The maximum atomic E-state index is 13.1. The van der Waals surface area contributed by atoms with Gasteiger partial charge in [0.2, 0.25) is 5.91 Å². The zero-order valence-electron chi connectivity index (χ0n) is 49.2. The van der Waals surface area contributed by atoms with Gasteiger partial charge >= 0.3 is 0 Å². The van der Waals surface area contributed by atoms with Crippen molar-refractivity contribution in [3.8, 4) is 0 Å². The largest absolute Gasteiger partial charge is 0.394 e. The Morgan fingerprint density at radius 2 is 0.805 bits per heavy atom. The summed E-state index contributed by atoms with van der Waals surface area (Å²) < 4.78 is 11.3. The molecule has 1 rings (SSSR count). The molecule has 0 spiro atoms. The first-order chi connectivity index (χ1) is 37.8. The number of aliphatic hydroxyl groups is 5. The van der Waals surface area contributed by atoms with Crippen LogP contribution in [0.25, 0.3) is 0 Å². The minimum absolute atomic E-state index is 0.213. The molecule has 77 heavy (non-hydrogen) atoms. The first kappa shape index (κ1) is 71.9. The van der Waals surface area contributed by atoms with Crippen molar-refractivity contribution in [2.45, 2.75) is 301 Å². The predicted molar refractivity (Wildman–Crippen MR) is 327 cm³/mol. The van der Waals surface area contributed by atoms with Gasteiger partial charge in [0.25, 0.3) is 0 Å². The van der Waals surface area contributed by atoms with E-state index in [0.29, 0.717) is 6.42 Å². The number of hydrogen-bond acceptors (Lipinski definition) is 8. The van der Waals surface area contributed by atoms with Gasteiger partial charge in [-0.05, 0) is 83.5 Å².